The van der Waals surface area contributed by atoms with E-state index < -0.39 is 11.3 Å². The first-order valence-corrected chi connectivity index (χ1v) is 6.76. The smallest absolute Gasteiger partial charge is 0.254 e. The molecule has 2 aliphatic rings. The van der Waals surface area contributed by atoms with Crippen LogP contribution in [0.4, 0.5) is 8.78 Å². The number of rotatable bonds is 3. The van der Waals surface area contributed by atoms with Crippen LogP contribution in [0.3, 0.4) is 0 Å². The van der Waals surface area contributed by atoms with E-state index in [9.17, 15) is 8.78 Å². The summed E-state index contributed by atoms with van der Waals surface area (Å²) >= 11 is 0. The van der Waals surface area contributed by atoms with Crippen molar-refractivity contribution in [2.24, 2.45) is 5.41 Å². The maximum Gasteiger partial charge on any atom is 0.254 e. The molecule has 1 aromatic carbocycles. The van der Waals surface area contributed by atoms with E-state index in [0.29, 0.717) is 12.8 Å². The van der Waals surface area contributed by atoms with Crippen molar-refractivity contribution < 1.29 is 8.78 Å². The van der Waals surface area contributed by atoms with Crippen molar-refractivity contribution in [1.82, 2.24) is 4.90 Å². The lowest BCUT2D eigenvalue weighted by Crippen LogP contribution is -2.37. The van der Waals surface area contributed by atoms with Crippen LogP contribution in [0.2, 0.25) is 0 Å². The molecule has 1 saturated heterocycles. The summed E-state index contributed by atoms with van der Waals surface area (Å²) in [7, 11) is 0. The van der Waals surface area contributed by atoms with Gasteiger partial charge in [0.05, 0.1) is 0 Å². The van der Waals surface area contributed by atoms with Crippen molar-refractivity contribution in [2.45, 2.75) is 31.6 Å². The monoisotopic (exact) mass is 251 g/mol. The lowest BCUT2D eigenvalue weighted by atomic mass is 9.92. The fourth-order valence-corrected chi connectivity index (χ4v) is 3.06. The molecule has 3 rings (SSSR count). The summed E-state index contributed by atoms with van der Waals surface area (Å²) in [4.78, 5) is 2.33. The third-order valence-corrected chi connectivity index (χ3v) is 4.58. The summed E-state index contributed by atoms with van der Waals surface area (Å²) in [6.45, 7) is 2.66. The molecule has 0 radical (unpaired) electrons. The molecule has 0 N–H and O–H groups in total. The number of alkyl halides is 2. The summed E-state index contributed by atoms with van der Waals surface area (Å²) in [6.07, 6.45) is 2.50. The summed E-state index contributed by atoms with van der Waals surface area (Å²) < 4.78 is 26.5. The predicted molar refractivity (Wildman–Crippen MR) is 67.8 cm³/mol. The zero-order valence-electron chi connectivity index (χ0n) is 10.5. The SMILES string of the molecule is FC1(F)CC12CCN(CCc1ccccc1)CC2. The number of hydrogen-bond acceptors (Lipinski definition) is 1. The number of hydrogen-bond donors (Lipinski definition) is 0. The largest absolute Gasteiger partial charge is 0.303 e. The number of likely N-dealkylation sites (tertiary alicyclic amines) is 1. The predicted octanol–water partition coefficient (Wildman–Crippen LogP) is 3.35. The van der Waals surface area contributed by atoms with Gasteiger partial charge >= 0.3 is 0 Å². The second kappa shape index (κ2) is 4.30. The average molecular weight is 251 g/mol. The second-order valence-corrected chi connectivity index (χ2v) is 5.74. The maximum absolute atomic E-state index is 13.2. The fraction of sp³-hybridized carbons (Fsp3) is 0.600. The van der Waals surface area contributed by atoms with Crippen molar-refractivity contribution in [2.75, 3.05) is 19.6 Å². The first-order chi connectivity index (χ1) is 8.61. The molecule has 1 aliphatic heterocycles. The van der Waals surface area contributed by atoms with Gasteiger partial charge in [-0.15, -0.1) is 0 Å². The lowest BCUT2D eigenvalue weighted by molar-refractivity contribution is 0.0316. The first-order valence-electron chi connectivity index (χ1n) is 6.76. The Morgan fingerprint density at radius 3 is 2.22 bits per heavy atom. The Morgan fingerprint density at radius 1 is 1.06 bits per heavy atom. The average Bonchev–Trinajstić information content (AvgIpc) is 2.91. The molecule has 1 spiro atoms. The van der Waals surface area contributed by atoms with E-state index in [1.54, 1.807) is 0 Å². The van der Waals surface area contributed by atoms with Crippen LogP contribution >= 0.6 is 0 Å². The standard InChI is InChI=1S/C15H19F2N/c16-15(17)12-14(15)7-10-18(11-8-14)9-6-13-4-2-1-3-5-13/h1-5H,6-12H2. The Kier molecular flexibility index (Phi) is 2.89. The van der Waals surface area contributed by atoms with Gasteiger partial charge in [0, 0.05) is 18.4 Å². The minimum atomic E-state index is -2.36. The van der Waals surface area contributed by atoms with Gasteiger partial charge in [-0.1, -0.05) is 30.3 Å². The van der Waals surface area contributed by atoms with E-state index in [2.05, 4.69) is 17.0 Å². The summed E-state index contributed by atoms with van der Waals surface area (Å²) in [6, 6.07) is 10.4. The molecule has 0 aromatic heterocycles. The lowest BCUT2D eigenvalue weighted by Gasteiger charge is -2.32. The molecule has 1 aliphatic carbocycles. The van der Waals surface area contributed by atoms with Crippen LogP contribution < -0.4 is 0 Å². The van der Waals surface area contributed by atoms with Crippen LogP contribution in [-0.2, 0) is 6.42 Å². The number of piperidine rings is 1. The highest BCUT2D eigenvalue weighted by molar-refractivity contribution is 5.15. The van der Waals surface area contributed by atoms with Gasteiger partial charge in [-0.2, -0.15) is 0 Å². The fourth-order valence-electron chi connectivity index (χ4n) is 3.06. The van der Waals surface area contributed by atoms with E-state index >= 15 is 0 Å². The van der Waals surface area contributed by atoms with E-state index in [4.69, 9.17) is 0 Å². The van der Waals surface area contributed by atoms with Gasteiger partial charge in [-0.25, -0.2) is 8.78 Å². The van der Waals surface area contributed by atoms with Crippen LogP contribution in [-0.4, -0.2) is 30.5 Å². The quantitative estimate of drug-likeness (QED) is 0.796. The molecule has 0 atom stereocenters. The molecule has 1 saturated carbocycles. The molecule has 3 heteroatoms. The molecule has 98 valence electrons. The Labute approximate surface area is 107 Å². The maximum atomic E-state index is 13.2. The Morgan fingerprint density at radius 2 is 1.67 bits per heavy atom. The van der Waals surface area contributed by atoms with Gasteiger partial charge in [0.25, 0.3) is 5.92 Å². The Balaban J connectivity index is 1.47. The van der Waals surface area contributed by atoms with E-state index in [0.717, 1.165) is 26.1 Å². The molecular weight excluding hydrogens is 232 g/mol. The number of nitrogens with zero attached hydrogens (tertiary/aromatic N) is 1. The zero-order chi connectivity index (χ0) is 12.6. The molecule has 18 heavy (non-hydrogen) atoms. The molecule has 1 aromatic rings. The molecule has 1 heterocycles. The van der Waals surface area contributed by atoms with Gasteiger partial charge in [-0.3, -0.25) is 0 Å². The topological polar surface area (TPSA) is 3.24 Å². The molecule has 2 fully saturated rings. The summed E-state index contributed by atoms with van der Waals surface area (Å²) in [5, 5.41) is 0. The van der Waals surface area contributed by atoms with Gasteiger partial charge in [0.2, 0.25) is 0 Å². The van der Waals surface area contributed by atoms with Gasteiger partial charge in [0.15, 0.2) is 0 Å². The number of halogens is 2. The third kappa shape index (κ3) is 2.16. The zero-order valence-corrected chi connectivity index (χ0v) is 10.5. The van der Waals surface area contributed by atoms with Crippen molar-refractivity contribution in [1.29, 1.82) is 0 Å². The van der Waals surface area contributed by atoms with Crippen LogP contribution in [0.15, 0.2) is 30.3 Å². The Bertz CT molecular complexity index is 408. The molecule has 0 unspecified atom stereocenters. The van der Waals surface area contributed by atoms with Crippen molar-refractivity contribution in [3.05, 3.63) is 35.9 Å². The number of benzene rings is 1. The Hall–Kier alpha value is -0.960. The third-order valence-electron chi connectivity index (χ3n) is 4.58. The van der Waals surface area contributed by atoms with E-state index in [-0.39, 0.29) is 6.42 Å². The van der Waals surface area contributed by atoms with Crippen molar-refractivity contribution >= 4 is 0 Å². The minimum absolute atomic E-state index is 0.131. The molecule has 1 nitrogen and oxygen atoms in total. The van der Waals surface area contributed by atoms with Crippen LogP contribution in [0, 0.1) is 5.41 Å². The first kappa shape index (κ1) is 12.1. The van der Waals surface area contributed by atoms with Crippen LogP contribution in [0.25, 0.3) is 0 Å². The van der Waals surface area contributed by atoms with Gasteiger partial charge in [0.1, 0.15) is 0 Å². The van der Waals surface area contributed by atoms with Crippen molar-refractivity contribution in [3.8, 4) is 0 Å². The van der Waals surface area contributed by atoms with E-state index in [1.165, 1.54) is 5.56 Å². The normalized spacial score (nSPS) is 25.2. The molecule has 0 bridgehead atoms. The van der Waals surface area contributed by atoms with Crippen molar-refractivity contribution in [3.63, 3.8) is 0 Å². The highest BCUT2D eigenvalue weighted by atomic mass is 19.3. The summed E-state index contributed by atoms with van der Waals surface area (Å²) in [5.41, 5.74) is 0.713. The van der Waals surface area contributed by atoms with Crippen LogP contribution in [0.1, 0.15) is 24.8 Å². The van der Waals surface area contributed by atoms with Gasteiger partial charge in [-0.05, 0) is 37.9 Å². The minimum Gasteiger partial charge on any atom is -0.303 e. The van der Waals surface area contributed by atoms with E-state index in [1.807, 2.05) is 18.2 Å². The summed E-state index contributed by atoms with van der Waals surface area (Å²) in [5.74, 6) is -2.36. The second-order valence-electron chi connectivity index (χ2n) is 5.74. The highest BCUT2D eigenvalue weighted by Crippen LogP contribution is 2.65. The van der Waals surface area contributed by atoms with Gasteiger partial charge < -0.3 is 4.90 Å². The molecule has 0 amide bonds. The molecular formula is C15H19F2N. The highest BCUT2D eigenvalue weighted by Gasteiger charge is 2.70. The van der Waals surface area contributed by atoms with Crippen LogP contribution in [0.5, 0.6) is 0 Å².